The largest absolute Gasteiger partial charge is 0.313 e. The fourth-order valence-electron chi connectivity index (χ4n) is 2.61. The van der Waals surface area contributed by atoms with Gasteiger partial charge in [-0.1, -0.05) is 51.1 Å². The van der Waals surface area contributed by atoms with Crippen LogP contribution in [0.1, 0.15) is 45.1 Å². The van der Waals surface area contributed by atoms with E-state index in [-0.39, 0.29) is 0 Å². The lowest BCUT2D eigenvalue weighted by Gasteiger charge is -2.38. The lowest BCUT2D eigenvalue weighted by molar-refractivity contribution is 0.211. The quantitative estimate of drug-likeness (QED) is 0.758. The van der Waals surface area contributed by atoms with Gasteiger partial charge in [-0.3, -0.25) is 0 Å². The van der Waals surface area contributed by atoms with Gasteiger partial charge in [-0.15, -0.1) is 0 Å². The highest BCUT2D eigenvalue weighted by Crippen LogP contribution is 2.34. The molecule has 0 saturated carbocycles. The van der Waals surface area contributed by atoms with Crippen molar-refractivity contribution >= 4 is 0 Å². The molecule has 1 aromatic carbocycles. The van der Waals surface area contributed by atoms with Gasteiger partial charge >= 0.3 is 0 Å². The summed E-state index contributed by atoms with van der Waals surface area (Å²) in [4.78, 5) is 0. The van der Waals surface area contributed by atoms with E-state index in [0.717, 1.165) is 12.5 Å². The summed E-state index contributed by atoms with van der Waals surface area (Å²) in [7, 11) is 0. The Morgan fingerprint density at radius 1 is 1.12 bits per heavy atom. The second-order valence-electron chi connectivity index (χ2n) is 6.00. The highest BCUT2D eigenvalue weighted by atomic mass is 14.9. The SMILES string of the molecule is CC(C)(C)[C@@H]1C[C@H](c2ccccc2)CCN1. The number of benzene rings is 1. The molecule has 1 saturated heterocycles. The average Bonchev–Trinajstić information content (AvgIpc) is 2.29. The summed E-state index contributed by atoms with van der Waals surface area (Å²) in [6, 6.07) is 11.6. The Morgan fingerprint density at radius 3 is 2.44 bits per heavy atom. The monoisotopic (exact) mass is 217 g/mol. The Morgan fingerprint density at radius 2 is 1.81 bits per heavy atom. The minimum atomic E-state index is 0.369. The van der Waals surface area contributed by atoms with Crippen LogP contribution in [-0.4, -0.2) is 12.6 Å². The maximum atomic E-state index is 3.66. The van der Waals surface area contributed by atoms with Crippen LogP contribution in [0.3, 0.4) is 0 Å². The summed E-state index contributed by atoms with van der Waals surface area (Å²) in [5.41, 5.74) is 1.88. The Hall–Kier alpha value is -0.820. The van der Waals surface area contributed by atoms with Crippen molar-refractivity contribution in [2.45, 2.75) is 45.6 Å². The van der Waals surface area contributed by atoms with Crippen molar-refractivity contribution < 1.29 is 0 Å². The first kappa shape index (κ1) is 11.7. The molecule has 88 valence electrons. The zero-order chi connectivity index (χ0) is 11.6. The van der Waals surface area contributed by atoms with Gasteiger partial charge in [-0.2, -0.15) is 0 Å². The van der Waals surface area contributed by atoms with E-state index in [1.807, 2.05) is 0 Å². The van der Waals surface area contributed by atoms with E-state index in [0.29, 0.717) is 11.5 Å². The number of rotatable bonds is 1. The topological polar surface area (TPSA) is 12.0 Å². The van der Waals surface area contributed by atoms with Crippen molar-refractivity contribution in [1.29, 1.82) is 0 Å². The second kappa shape index (κ2) is 4.58. The van der Waals surface area contributed by atoms with Crippen LogP contribution in [0.5, 0.6) is 0 Å². The molecule has 0 radical (unpaired) electrons. The fraction of sp³-hybridized carbons (Fsp3) is 0.600. The molecule has 1 aliphatic rings. The second-order valence-corrected chi connectivity index (χ2v) is 6.00. The third-order valence-electron chi connectivity index (χ3n) is 3.72. The predicted molar refractivity (Wildman–Crippen MR) is 69.7 cm³/mol. The summed E-state index contributed by atoms with van der Waals surface area (Å²) in [5.74, 6) is 0.742. The molecule has 2 atom stereocenters. The van der Waals surface area contributed by atoms with Crippen LogP contribution < -0.4 is 5.32 Å². The molecule has 1 aliphatic heterocycles. The van der Waals surface area contributed by atoms with Crippen LogP contribution in [0.15, 0.2) is 30.3 Å². The molecule has 0 bridgehead atoms. The van der Waals surface area contributed by atoms with Crippen LogP contribution in [0.4, 0.5) is 0 Å². The standard InChI is InChI=1S/C15H23N/c1-15(2,3)14-11-13(9-10-16-14)12-7-5-4-6-8-12/h4-8,13-14,16H,9-11H2,1-3H3/t13-,14+/m1/s1. The molecule has 1 aromatic rings. The summed E-state index contributed by atoms with van der Waals surface area (Å²) in [5, 5.41) is 3.66. The molecule has 0 aliphatic carbocycles. The molecule has 16 heavy (non-hydrogen) atoms. The highest BCUT2D eigenvalue weighted by molar-refractivity contribution is 5.20. The Bertz CT molecular complexity index is 323. The van der Waals surface area contributed by atoms with Gasteiger partial charge in [0.15, 0.2) is 0 Å². The van der Waals surface area contributed by atoms with Crippen LogP contribution in [0.2, 0.25) is 0 Å². The lowest BCUT2D eigenvalue weighted by atomic mass is 9.76. The minimum absolute atomic E-state index is 0.369. The molecular weight excluding hydrogens is 194 g/mol. The van der Waals surface area contributed by atoms with Gasteiger partial charge < -0.3 is 5.32 Å². The maximum absolute atomic E-state index is 3.66. The Labute approximate surface area is 99.3 Å². The van der Waals surface area contributed by atoms with Crippen molar-refractivity contribution in [3.8, 4) is 0 Å². The van der Waals surface area contributed by atoms with E-state index in [2.05, 4.69) is 56.4 Å². The van der Waals surface area contributed by atoms with Gasteiger partial charge in [0.1, 0.15) is 0 Å². The predicted octanol–water partition coefficient (Wildman–Crippen LogP) is 3.57. The van der Waals surface area contributed by atoms with Crippen molar-refractivity contribution in [2.24, 2.45) is 5.41 Å². The van der Waals surface area contributed by atoms with E-state index in [9.17, 15) is 0 Å². The number of hydrogen-bond donors (Lipinski definition) is 1. The van der Waals surface area contributed by atoms with E-state index < -0.39 is 0 Å². The first-order valence-electron chi connectivity index (χ1n) is 6.36. The van der Waals surface area contributed by atoms with Crippen LogP contribution in [0, 0.1) is 5.41 Å². The lowest BCUT2D eigenvalue weighted by Crippen LogP contribution is -2.45. The Kier molecular flexibility index (Phi) is 3.34. The Balaban J connectivity index is 2.08. The van der Waals surface area contributed by atoms with E-state index in [1.54, 1.807) is 0 Å². The number of nitrogens with one attached hydrogen (secondary N) is 1. The van der Waals surface area contributed by atoms with Gasteiger partial charge in [-0.05, 0) is 36.3 Å². The summed E-state index contributed by atoms with van der Waals surface area (Å²) >= 11 is 0. The molecule has 1 N–H and O–H groups in total. The molecule has 0 amide bonds. The zero-order valence-corrected chi connectivity index (χ0v) is 10.7. The van der Waals surface area contributed by atoms with Crippen LogP contribution in [-0.2, 0) is 0 Å². The molecular formula is C15H23N. The van der Waals surface area contributed by atoms with Crippen LogP contribution in [0.25, 0.3) is 0 Å². The van der Waals surface area contributed by atoms with Crippen molar-refractivity contribution in [3.05, 3.63) is 35.9 Å². The van der Waals surface area contributed by atoms with Gasteiger partial charge in [-0.25, -0.2) is 0 Å². The fourth-order valence-corrected chi connectivity index (χ4v) is 2.61. The maximum Gasteiger partial charge on any atom is 0.0121 e. The normalized spacial score (nSPS) is 26.7. The number of piperidine rings is 1. The van der Waals surface area contributed by atoms with Gasteiger partial charge in [0.25, 0.3) is 0 Å². The first-order chi connectivity index (χ1) is 7.57. The van der Waals surface area contributed by atoms with Gasteiger partial charge in [0.05, 0.1) is 0 Å². The van der Waals surface area contributed by atoms with E-state index in [4.69, 9.17) is 0 Å². The third kappa shape index (κ3) is 2.65. The van der Waals surface area contributed by atoms with Crippen molar-refractivity contribution in [2.75, 3.05) is 6.54 Å². The average molecular weight is 217 g/mol. The number of hydrogen-bond acceptors (Lipinski definition) is 1. The summed E-state index contributed by atoms with van der Waals surface area (Å²) < 4.78 is 0. The zero-order valence-electron chi connectivity index (χ0n) is 10.7. The van der Waals surface area contributed by atoms with E-state index in [1.165, 1.54) is 18.4 Å². The summed E-state index contributed by atoms with van der Waals surface area (Å²) in [6.45, 7) is 8.15. The molecule has 0 unspecified atom stereocenters. The first-order valence-corrected chi connectivity index (χ1v) is 6.36. The molecule has 1 heteroatoms. The molecule has 2 rings (SSSR count). The van der Waals surface area contributed by atoms with Crippen molar-refractivity contribution in [1.82, 2.24) is 5.32 Å². The molecule has 1 fully saturated rings. The van der Waals surface area contributed by atoms with Gasteiger partial charge in [0.2, 0.25) is 0 Å². The summed E-state index contributed by atoms with van der Waals surface area (Å²) in [6.07, 6.45) is 2.55. The van der Waals surface area contributed by atoms with Crippen molar-refractivity contribution in [3.63, 3.8) is 0 Å². The highest BCUT2D eigenvalue weighted by Gasteiger charge is 2.30. The third-order valence-corrected chi connectivity index (χ3v) is 3.72. The van der Waals surface area contributed by atoms with Crippen LogP contribution >= 0.6 is 0 Å². The molecule has 1 nitrogen and oxygen atoms in total. The minimum Gasteiger partial charge on any atom is -0.313 e. The van der Waals surface area contributed by atoms with Gasteiger partial charge in [0, 0.05) is 6.04 Å². The molecule has 1 heterocycles. The molecule has 0 spiro atoms. The molecule has 0 aromatic heterocycles. The smallest absolute Gasteiger partial charge is 0.0121 e. The van der Waals surface area contributed by atoms with E-state index >= 15 is 0 Å².